The third-order valence-electron chi connectivity index (χ3n) is 2.94. The standard InChI is InChI=1S/C14H18N2OS/c1-4-5-10(3)13(17)16-14-15-11-7-6-9(2)8-12(11)18-14/h6-8,10H,4-5H2,1-3H3,(H,15,16,17)/t10-/m1/s1. The molecule has 1 heterocycles. The summed E-state index contributed by atoms with van der Waals surface area (Å²) in [5.41, 5.74) is 2.16. The van der Waals surface area contributed by atoms with Crippen molar-refractivity contribution in [2.24, 2.45) is 5.92 Å². The number of hydrogen-bond acceptors (Lipinski definition) is 3. The van der Waals surface area contributed by atoms with Gasteiger partial charge in [0.05, 0.1) is 10.2 Å². The van der Waals surface area contributed by atoms with Crippen LogP contribution in [-0.2, 0) is 4.79 Å². The molecule has 0 saturated heterocycles. The number of hydrogen-bond donors (Lipinski definition) is 1. The van der Waals surface area contributed by atoms with Crippen LogP contribution in [0.2, 0.25) is 0 Å². The van der Waals surface area contributed by atoms with Gasteiger partial charge in [0.25, 0.3) is 0 Å². The fourth-order valence-electron chi connectivity index (χ4n) is 1.88. The molecule has 1 aromatic heterocycles. The zero-order valence-corrected chi connectivity index (χ0v) is 11.8. The average molecular weight is 262 g/mol. The van der Waals surface area contributed by atoms with Crippen LogP contribution in [0.15, 0.2) is 18.2 Å². The average Bonchev–Trinajstić information content (AvgIpc) is 2.70. The van der Waals surface area contributed by atoms with Gasteiger partial charge in [0, 0.05) is 5.92 Å². The molecular weight excluding hydrogens is 244 g/mol. The Morgan fingerprint density at radius 2 is 2.28 bits per heavy atom. The topological polar surface area (TPSA) is 42.0 Å². The van der Waals surface area contributed by atoms with E-state index in [9.17, 15) is 4.79 Å². The van der Waals surface area contributed by atoms with Gasteiger partial charge in [-0.3, -0.25) is 4.79 Å². The summed E-state index contributed by atoms with van der Waals surface area (Å²) in [5, 5.41) is 3.60. The first-order valence-corrected chi connectivity index (χ1v) is 7.10. The van der Waals surface area contributed by atoms with Crippen molar-refractivity contribution in [3.8, 4) is 0 Å². The molecule has 2 rings (SSSR count). The second-order valence-electron chi connectivity index (χ2n) is 4.67. The van der Waals surface area contributed by atoms with Gasteiger partial charge < -0.3 is 5.32 Å². The summed E-state index contributed by atoms with van der Waals surface area (Å²) in [6.07, 6.45) is 1.93. The van der Waals surface area contributed by atoms with Crippen molar-refractivity contribution >= 4 is 32.6 Å². The van der Waals surface area contributed by atoms with Crippen molar-refractivity contribution in [1.29, 1.82) is 0 Å². The molecule has 0 fully saturated rings. The lowest BCUT2D eigenvalue weighted by molar-refractivity contribution is -0.119. The third-order valence-corrected chi connectivity index (χ3v) is 3.88. The number of nitrogens with one attached hydrogen (secondary N) is 1. The molecular formula is C14H18N2OS. The van der Waals surface area contributed by atoms with Crippen molar-refractivity contribution in [3.05, 3.63) is 23.8 Å². The number of thiazole rings is 1. The van der Waals surface area contributed by atoms with Crippen LogP contribution in [0.5, 0.6) is 0 Å². The molecule has 96 valence electrons. The maximum absolute atomic E-state index is 11.9. The number of carbonyl (C=O) groups excluding carboxylic acids is 1. The molecule has 18 heavy (non-hydrogen) atoms. The highest BCUT2D eigenvalue weighted by molar-refractivity contribution is 7.22. The first-order chi connectivity index (χ1) is 8.60. The van der Waals surface area contributed by atoms with Crippen molar-refractivity contribution in [3.63, 3.8) is 0 Å². The van der Waals surface area contributed by atoms with Crippen LogP contribution in [0.25, 0.3) is 10.2 Å². The SMILES string of the molecule is CCC[C@@H](C)C(=O)Nc1nc2ccc(C)cc2s1. The van der Waals surface area contributed by atoms with E-state index < -0.39 is 0 Å². The zero-order valence-electron chi connectivity index (χ0n) is 11.0. The Labute approximate surface area is 111 Å². The second kappa shape index (κ2) is 5.48. The van der Waals surface area contributed by atoms with Crippen LogP contribution in [0.3, 0.4) is 0 Å². The van der Waals surface area contributed by atoms with Gasteiger partial charge in [0.1, 0.15) is 0 Å². The summed E-state index contributed by atoms with van der Waals surface area (Å²) in [5.74, 6) is 0.108. The van der Waals surface area contributed by atoms with E-state index in [1.807, 2.05) is 19.1 Å². The first-order valence-electron chi connectivity index (χ1n) is 6.28. The minimum Gasteiger partial charge on any atom is -0.302 e. The Kier molecular flexibility index (Phi) is 3.97. The van der Waals surface area contributed by atoms with E-state index in [-0.39, 0.29) is 11.8 Å². The Balaban J connectivity index is 2.14. The maximum Gasteiger partial charge on any atom is 0.228 e. The molecule has 0 saturated carbocycles. The lowest BCUT2D eigenvalue weighted by Crippen LogP contribution is -2.19. The molecule has 4 heteroatoms. The molecule has 0 bridgehead atoms. The molecule has 2 aromatic rings. The van der Waals surface area contributed by atoms with E-state index in [1.165, 1.54) is 16.9 Å². The minimum atomic E-state index is 0.0451. The van der Waals surface area contributed by atoms with Crippen molar-refractivity contribution < 1.29 is 4.79 Å². The number of aromatic nitrogens is 1. The van der Waals surface area contributed by atoms with Crippen LogP contribution in [0, 0.1) is 12.8 Å². The molecule has 1 amide bonds. The van der Waals surface area contributed by atoms with E-state index in [4.69, 9.17) is 0 Å². The van der Waals surface area contributed by atoms with Gasteiger partial charge >= 0.3 is 0 Å². The number of fused-ring (bicyclic) bond motifs is 1. The normalized spacial score (nSPS) is 12.6. The quantitative estimate of drug-likeness (QED) is 0.905. The monoisotopic (exact) mass is 262 g/mol. The maximum atomic E-state index is 11.9. The van der Waals surface area contributed by atoms with Crippen LogP contribution in [0.1, 0.15) is 32.3 Å². The Morgan fingerprint density at radius 1 is 1.50 bits per heavy atom. The lowest BCUT2D eigenvalue weighted by Gasteiger charge is -2.08. The highest BCUT2D eigenvalue weighted by Gasteiger charge is 2.14. The third kappa shape index (κ3) is 2.88. The molecule has 0 spiro atoms. The first kappa shape index (κ1) is 13.0. The predicted octanol–water partition coefficient (Wildman–Crippen LogP) is 3.98. The fourth-order valence-corrected chi connectivity index (χ4v) is 2.84. The summed E-state index contributed by atoms with van der Waals surface area (Å²) in [7, 11) is 0. The van der Waals surface area contributed by atoms with Gasteiger partial charge in [-0.2, -0.15) is 0 Å². The van der Waals surface area contributed by atoms with Gasteiger partial charge in [-0.25, -0.2) is 4.98 Å². The minimum absolute atomic E-state index is 0.0451. The van der Waals surface area contributed by atoms with Gasteiger partial charge in [-0.15, -0.1) is 0 Å². The van der Waals surface area contributed by atoms with Gasteiger partial charge in [0.2, 0.25) is 5.91 Å². The number of carbonyl (C=O) groups is 1. The molecule has 0 aliphatic rings. The highest BCUT2D eigenvalue weighted by Crippen LogP contribution is 2.27. The Hall–Kier alpha value is -1.42. The number of benzene rings is 1. The number of nitrogens with zero attached hydrogens (tertiary/aromatic N) is 1. The van der Waals surface area contributed by atoms with Gasteiger partial charge in [-0.1, -0.05) is 37.7 Å². The number of amides is 1. The van der Waals surface area contributed by atoms with E-state index >= 15 is 0 Å². The predicted molar refractivity (Wildman–Crippen MR) is 77.1 cm³/mol. The van der Waals surface area contributed by atoms with E-state index in [0.29, 0.717) is 5.13 Å². The lowest BCUT2D eigenvalue weighted by atomic mass is 10.1. The molecule has 0 aliphatic heterocycles. The summed E-state index contributed by atoms with van der Waals surface area (Å²) in [4.78, 5) is 16.3. The van der Waals surface area contributed by atoms with Crippen molar-refractivity contribution in [2.75, 3.05) is 5.32 Å². The Morgan fingerprint density at radius 3 is 3.00 bits per heavy atom. The Bertz CT molecular complexity index is 562. The van der Waals surface area contributed by atoms with E-state index in [1.54, 1.807) is 0 Å². The molecule has 1 N–H and O–H groups in total. The molecule has 3 nitrogen and oxygen atoms in total. The molecule has 1 aromatic carbocycles. The summed E-state index contributed by atoms with van der Waals surface area (Å²) >= 11 is 1.53. The van der Waals surface area contributed by atoms with Crippen LogP contribution in [-0.4, -0.2) is 10.9 Å². The molecule has 1 atom stereocenters. The molecule has 0 unspecified atom stereocenters. The number of rotatable bonds is 4. The number of anilines is 1. The number of aryl methyl sites for hydroxylation is 1. The fraction of sp³-hybridized carbons (Fsp3) is 0.429. The largest absolute Gasteiger partial charge is 0.302 e. The second-order valence-corrected chi connectivity index (χ2v) is 5.70. The van der Waals surface area contributed by atoms with Crippen LogP contribution >= 0.6 is 11.3 Å². The summed E-state index contributed by atoms with van der Waals surface area (Å²) in [6, 6.07) is 6.12. The van der Waals surface area contributed by atoms with E-state index in [2.05, 4.69) is 30.2 Å². The smallest absolute Gasteiger partial charge is 0.228 e. The van der Waals surface area contributed by atoms with Crippen molar-refractivity contribution in [2.45, 2.75) is 33.6 Å². The van der Waals surface area contributed by atoms with Gasteiger partial charge in [0.15, 0.2) is 5.13 Å². The summed E-state index contributed by atoms with van der Waals surface area (Å²) < 4.78 is 1.12. The summed E-state index contributed by atoms with van der Waals surface area (Å²) in [6.45, 7) is 6.10. The molecule has 0 aliphatic carbocycles. The highest BCUT2D eigenvalue weighted by atomic mass is 32.1. The zero-order chi connectivity index (χ0) is 13.1. The molecule has 0 radical (unpaired) electrons. The van der Waals surface area contributed by atoms with E-state index in [0.717, 1.165) is 23.1 Å². The van der Waals surface area contributed by atoms with Crippen molar-refractivity contribution in [1.82, 2.24) is 4.98 Å². The van der Waals surface area contributed by atoms with Gasteiger partial charge in [-0.05, 0) is 31.0 Å². The van der Waals surface area contributed by atoms with Crippen LogP contribution < -0.4 is 5.32 Å². The van der Waals surface area contributed by atoms with Crippen LogP contribution in [0.4, 0.5) is 5.13 Å².